The lowest BCUT2D eigenvalue weighted by atomic mass is 10.1. The van der Waals surface area contributed by atoms with Crippen LogP contribution in [0.1, 0.15) is 33.6 Å². The molecule has 2 N–H and O–H groups in total. The van der Waals surface area contributed by atoms with Crippen LogP contribution in [-0.2, 0) is 4.79 Å². The van der Waals surface area contributed by atoms with Crippen molar-refractivity contribution in [2.45, 2.75) is 45.8 Å². The van der Waals surface area contributed by atoms with Gasteiger partial charge in [0.25, 0.3) is 0 Å². The van der Waals surface area contributed by atoms with Crippen molar-refractivity contribution in [3.05, 3.63) is 0 Å². The molecule has 0 heterocycles. The van der Waals surface area contributed by atoms with Gasteiger partial charge in [-0.3, -0.25) is 4.79 Å². The van der Waals surface area contributed by atoms with Crippen LogP contribution in [0.3, 0.4) is 0 Å². The fourth-order valence-electron chi connectivity index (χ4n) is 0.905. The summed E-state index contributed by atoms with van der Waals surface area (Å²) in [4.78, 5) is 10.9. The lowest BCUT2D eigenvalue weighted by Gasteiger charge is -2.10. The number of Topliss-reactive ketones (excluding diaryl/α,β-unsaturated/α-hetero) is 1. The Balaban J connectivity index is 3.43. The highest BCUT2D eigenvalue weighted by Crippen LogP contribution is 1.95. The molecule has 0 aromatic rings. The van der Waals surface area contributed by atoms with E-state index in [0.717, 1.165) is 0 Å². The fraction of sp³-hybridized carbons (Fsp3) is 0.889. The summed E-state index contributed by atoms with van der Waals surface area (Å²) in [5, 5.41) is 12.4. The Bertz CT molecular complexity index is 134. The maximum atomic E-state index is 10.9. The zero-order chi connectivity index (χ0) is 9.56. The molecule has 3 heteroatoms. The molecule has 0 unspecified atom stereocenters. The van der Waals surface area contributed by atoms with Gasteiger partial charge in [0, 0.05) is 12.5 Å². The lowest BCUT2D eigenvalue weighted by molar-refractivity contribution is -0.127. The van der Waals surface area contributed by atoms with E-state index in [2.05, 4.69) is 5.32 Å². The molecule has 3 nitrogen and oxygen atoms in total. The van der Waals surface area contributed by atoms with E-state index in [0.29, 0.717) is 25.4 Å². The highest BCUT2D eigenvalue weighted by atomic mass is 16.3. The molecular weight excluding hydrogens is 154 g/mol. The predicted octanol–water partition coefficient (Wildman–Crippen LogP) is 0.714. The van der Waals surface area contributed by atoms with Crippen LogP contribution in [0.15, 0.2) is 0 Å². The van der Waals surface area contributed by atoms with E-state index in [4.69, 9.17) is 0 Å². The summed E-state index contributed by atoms with van der Waals surface area (Å²) in [5.41, 5.74) is 0. The van der Waals surface area contributed by atoms with Crippen LogP contribution in [0.25, 0.3) is 0 Å². The number of carbonyl (C=O) groups excluding carboxylic acids is 1. The minimum Gasteiger partial charge on any atom is -0.385 e. The van der Waals surface area contributed by atoms with Gasteiger partial charge in [-0.05, 0) is 13.0 Å². The molecule has 0 aliphatic heterocycles. The third kappa shape index (κ3) is 5.27. The largest absolute Gasteiger partial charge is 0.385 e. The number of aliphatic hydroxyl groups is 1. The second kappa shape index (κ2) is 6.14. The zero-order valence-corrected chi connectivity index (χ0v) is 8.13. The van der Waals surface area contributed by atoms with E-state index in [1.54, 1.807) is 6.92 Å². The van der Waals surface area contributed by atoms with Crippen LogP contribution in [0.5, 0.6) is 0 Å². The number of aliphatic hydroxyl groups excluding tert-OH is 1. The maximum absolute atomic E-state index is 10.9. The SMILES string of the molecule is CCC(=O)[C@@H](O)CCNC(C)C. The second-order valence-electron chi connectivity index (χ2n) is 3.23. The first-order chi connectivity index (χ1) is 5.57. The van der Waals surface area contributed by atoms with Crippen molar-refractivity contribution in [2.24, 2.45) is 0 Å². The first-order valence-corrected chi connectivity index (χ1v) is 4.52. The molecule has 0 aliphatic carbocycles. The summed E-state index contributed by atoms with van der Waals surface area (Å²) in [6.45, 7) is 6.54. The Labute approximate surface area is 74.2 Å². The third-order valence-electron chi connectivity index (χ3n) is 1.69. The Morgan fingerprint density at radius 2 is 2.08 bits per heavy atom. The molecule has 0 aromatic carbocycles. The van der Waals surface area contributed by atoms with Crippen LogP contribution in [0, 0.1) is 0 Å². The number of nitrogens with one attached hydrogen (secondary N) is 1. The molecule has 0 aliphatic rings. The predicted molar refractivity (Wildman–Crippen MR) is 49.1 cm³/mol. The molecule has 0 saturated carbocycles. The second-order valence-corrected chi connectivity index (χ2v) is 3.23. The molecule has 0 bridgehead atoms. The van der Waals surface area contributed by atoms with Gasteiger partial charge in [0.2, 0.25) is 0 Å². The van der Waals surface area contributed by atoms with Gasteiger partial charge in [-0.25, -0.2) is 0 Å². The van der Waals surface area contributed by atoms with Gasteiger partial charge in [0.1, 0.15) is 6.10 Å². The summed E-state index contributed by atoms with van der Waals surface area (Å²) in [7, 11) is 0. The highest BCUT2D eigenvalue weighted by molar-refractivity contribution is 5.82. The Morgan fingerprint density at radius 1 is 1.50 bits per heavy atom. The summed E-state index contributed by atoms with van der Waals surface area (Å²) in [5.74, 6) is -0.0689. The van der Waals surface area contributed by atoms with Crippen LogP contribution >= 0.6 is 0 Å². The molecule has 12 heavy (non-hydrogen) atoms. The number of rotatable bonds is 6. The van der Waals surface area contributed by atoms with Crippen molar-refractivity contribution in [1.82, 2.24) is 5.32 Å². The Morgan fingerprint density at radius 3 is 2.50 bits per heavy atom. The molecule has 1 atom stereocenters. The van der Waals surface area contributed by atoms with Gasteiger partial charge in [0.05, 0.1) is 0 Å². The van der Waals surface area contributed by atoms with Crippen molar-refractivity contribution in [3.63, 3.8) is 0 Å². The molecule has 0 rings (SSSR count). The van der Waals surface area contributed by atoms with Gasteiger partial charge in [0.15, 0.2) is 5.78 Å². The average molecular weight is 173 g/mol. The van der Waals surface area contributed by atoms with Gasteiger partial charge in [-0.2, -0.15) is 0 Å². The summed E-state index contributed by atoms with van der Waals surface area (Å²) in [6, 6.07) is 0.411. The van der Waals surface area contributed by atoms with E-state index >= 15 is 0 Å². The van der Waals surface area contributed by atoms with E-state index in [1.165, 1.54) is 0 Å². The van der Waals surface area contributed by atoms with Crippen molar-refractivity contribution in [1.29, 1.82) is 0 Å². The fourth-order valence-corrected chi connectivity index (χ4v) is 0.905. The molecule has 0 saturated heterocycles. The normalized spacial score (nSPS) is 13.4. The molecule has 0 amide bonds. The van der Waals surface area contributed by atoms with E-state index in [1.807, 2.05) is 13.8 Å². The summed E-state index contributed by atoms with van der Waals surface area (Å²) >= 11 is 0. The summed E-state index contributed by atoms with van der Waals surface area (Å²) in [6.07, 6.45) is 0.162. The third-order valence-corrected chi connectivity index (χ3v) is 1.69. The molecular formula is C9H19NO2. The molecule has 72 valence electrons. The van der Waals surface area contributed by atoms with Gasteiger partial charge >= 0.3 is 0 Å². The number of carbonyl (C=O) groups is 1. The van der Waals surface area contributed by atoms with E-state index in [9.17, 15) is 9.90 Å². The van der Waals surface area contributed by atoms with Gasteiger partial charge < -0.3 is 10.4 Å². The minimum atomic E-state index is -0.777. The van der Waals surface area contributed by atoms with Crippen molar-refractivity contribution in [3.8, 4) is 0 Å². The smallest absolute Gasteiger partial charge is 0.161 e. The van der Waals surface area contributed by atoms with Gasteiger partial charge in [-0.1, -0.05) is 20.8 Å². The average Bonchev–Trinajstić information content (AvgIpc) is 2.02. The first-order valence-electron chi connectivity index (χ1n) is 4.52. The number of hydrogen-bond acceptors (Lipinski definition) is 3. The molecule has 0 fully saturated rings. The van der Waals surface area contributed by atoms with Crippen LogP contribution < -0.4 is 5.32 Å². The molecule has 0 spiro atoms. The molecule has 0 radical (unpaired) electrons. The van der Waals surface area contributed by atoms with Crippen LogP contribution in [-0.4, -0.2) is 29.6 Å². The van der Waals surface area contributed by atoms with Crippen LogP contribution in [0.4, 0.5) is 0 Å². The topological polar surface area (TPSA) is 49.3 Å². The Hall–Kier alpha value is -0.410. The lowest BCUT2D eigenvalue weighted by Crippen LogP contribution is -2.29. The minimum absolute atomic E-state index is 0.0689. The van der Waals surface area contributed by atoms with Crippen LogP contribution in [0.2, 0.25) is 0 Å². The van der Waals surface area contributed by atoms with Gasteiger partial charge in [-0.15, -0.1) is 0 Å². The van der Waals surface area contributed by atoms with Crippen molar-refractivity contribution in [2.75, 3.05) is 6.54 Å². The maximum Gasteiger partial charge on any atom is 0.161 e. The monoisotopic (exact) mass is 173 g/mol. The van der Waals surface area contributed by atoms with Crippen molar-refractivity contribution >= 4 is 5.78 Å². The zero-order valence-electron chi connectivity index (χ0n) is 8.13. The van der Waals surface area contributed by atoms with E-state index < -0.39 is 6.10 Å². The Kier molecular flexibility index (Phi) is 5.93. The standard InChI is InChI=1S/C9H19NO2/c1-4-8(11)9(12)5-6-10-7(2)3/h7,9-10,12H,4-6H2,1-3H3/t9-/m0/s1. The number of hydrogen-bond donors (Lipinski definition) is 2. The highest BCUT2D eigenvalue weighted by Gasteiger charge is 2.11. The molecule has 0 aromatic heterocycles. The number of ketones is 1. The summed E-state index contributed by atoms with van der Waals surface area (Å²) < 4.78 is 0. The first kappa shape index (κ1) is 11.6. The van der Waals surface area contributed by atoms with E-state index in [-0.39, 0.29) is 5.78 Å². The van der Waals surface area contributed by atoms with Crippen molar-refractivity contribution < 1.29 is 9.90 Å². The quantitative estimate of drug-likeness (QED) is 0.622.